The number of nitrogens with two attached hydrogens (primary N) is 1. The Labute approximate surface area is 139 Å². The molecule has 0 radical (unpaired) electrons. The number of halogens is 2. The minimum atomic E-state index is 0.634. The molecule has 2 unspecified atom stereocenters. The van der Waals surface area contributed by atoms with Gasteiger partial charge in [-0.1, -0.05) is 47.4 Å². The van der Waals surface area contributed by atoms with Gasteiger partial charge in [0.15, 0.2) is 0 Å². The van der Waals surface area contributed by atoms with Crippen LogP contribution in [0.4, 0.5) is 5.69 Å². The summed E-state index contributed by atoms with van der Waals surface area (Å²) >= 11 is 7.04. The Bertz CT molecular complexity index is 454. The molecule has 1 aliphatic rings. The average molecular weight is 402 g/mol. The van der Waals surface area contributed by atoms with E-state index in [-0.39, 0.29) is 0 Å². The predicted octanol–water partition coefficient (Wildman–Crippen LogP) is 4.03. The molecule has 1 aromatic carbocycles. The summed E-state index contributed by atoms with van der Waals surface area (Å²) in [6, 6.07) is 4.74. The lowest BCUT2D eigenvalue weighted by Gasteiger charge is -2.24. The predicted molar refractivity (Wildman–Crippen MR) is 96.9 cm³/mol. The van der Waals surface area contributed by atoms with Gasteiger partial charge in [0.1, 0.15) is 7.85 Å². The SMILES string of the molecule is BC1CCCCC(NCc2cc(Br)cc(Br)c2N)CC1. The summed E-state index contributed by atoms with van der Waals surface area (Å²) < 4.78 is 2.04. The van der Waals surface area contributed by atoms with Crippen LogP contribution in [0.1, 0.15) is 44.1 Å². The van der Waals surface area contributed by atoms with E-state index in [1.54, 1.807) is 0 Å². The molecule has 20 heavy (non-hydrogen) atoms. The second-order valence-electron chi connectivity index (χ2n) is 6.01. The first kappa shape index (κ1) is 16.4. The highest BCUT2D eigenvalue weighted by molar-refractivity contribution is 9.11. The van der Waals surface area contributed by atoms with E-state index in [9.17, 15) is 0 Å². The van der Waals surface area contributed by atoms with E-state index in [1.165, 1.54) is 44.1 Å². The molecular formula is C15H23BBr2N2. The van der Waals surface area contributed by atoms with Crippen molar-refractivity contribution in [2.24, 2.45) is 0 Å². The molecule has 110 valence electrons. The molecule has 0 amide bonds. The first-order valence-corrected chi connectivity index (χ1v) is 9.11. The van der Waals surface area contributed by atoms with Gasteiger partial charge in [-0.15, -0.1) is 0 Å². The van der Waals surface area contributed by atoms with Crippen LogP contribution in [-0.2, 0) is 6.54 Å². The zero-order valence-corrected chi connectivity index (χ0v) is 15.3. The Kier molecular flexibility index (Phi) is 6.43. The number of rotatable bonds is 3. The molecule has 1 fully saturated rings. The number of nitrogen functional groups attached to an aromatic ring is 1. The summed E-state index contributed by atoms with van der Waals surface area (Å²) in [6.07, 6.45) is 8.05. The average Bonchev–Trinajstić information content (AvgIpc) is 2.39. The van der Waals surface area contributed by atoms with E-state index in [4.69, 9.17) is 5.73 Å². The zero-order chi connectivity index (χ0) is 14.5. The van der Waals surface area contributed by atoms with E-state index >= 15 is 0 Å². The number of hydrogen-bond acceptors (Lipinski definition) is 2. The monoisotopic (exact) mass is 400 g/mol. The quantitative estimate of drug-likeness (QED) is 0.592. The summed E-state index contributed by atoms with van der Waals surface area (Å²) in [4.78, 5) is 0. The van der Waals surface area contributed by atoms with Crippen molar-refractivity contribution < 1.29 is 0 Å². The third kappa shape index (κ3) is 4.78. The van der Waals surface area contributed by atoms with Gasteiger partial charge in [0, 0.05) is 21.5 Å². The fourth-order valence-corrected chi connectivity index (χ4v) is 4.21. The van der Waals surface area contributed by atoms with Crippen molar-refractivity contribution in [2.75, 3.05) is 5.73 Å². The summed E-state index contributed by atoms with van der Waals surface area (Å²) in [6.45, 7) is 0.850. The van der Waals surface area contributed by atoms with Crippen LogP contribution in [-0.4, -0.2) is 13.9 Å². The van der Waals surface area contributed by atoms with Crippen molar-refractivity contribution in [1.82, 2.24) is 5.32 Å². The largest absolute Gasteiger partial charge is 0.398 e. The van der Waals surface area contributed by atoms with Gasteiger partial charge in [-0.05, 0) is 46.5 Å². The maximum atomic E-state index is 6.14. The molecule has 0 heterocycles. The maximum absolute atomic E-state index is 6.14. The highest BCUT2D eigenvalue weighted by Crippen LogP contribution is 2.29. The second-order valence-corrected chi connectivity index (χ2v) is 7.78. The molecule has 0 spiro atoms. The third-order valence-electron chi connectivity index (χ3n) is 4.27. The molecule has 2 rings (SSSR count). The van der Waals surface area contributed by atoms with Crippen molar-refractivity contribution in [1.29, 1.82) is 0 Å². The first-order valence-electron chi connectivity index (χ1n) is 7.53. The van der Waals surface area contributed by atoms with Crippen LogP contribution in [0.5, 0.6) is 0 Å². The van der Waals surface area contributed by atoms with Gasteiger partial charge in [-0.2, -0.15) is 0 Å². The molecule has 0 aliphatic heterocycles. The molecule has 1 aliphatic carbocycles. The van der Waals surface area contributed by atoms with Crippen LogP contribution < -0.4 is 11.1 Å². The Hall–Kier alpha value is 0.00494. The van der Waals surface area contributed by atoms with Gasteiger partial charge in [-0.25, -0.2) is 0 Å². The molecule has 0 aromatic heterocycles. The highest BCUT2D eigenvalue weighted by Gasteiger charge is 2.15. The molecule has 5 heteroatoms. The van der Waals surface area contributed by atoms with E-state index in [2.05, 4.69) is 51.1 Å². The van der Waals surface area contributed by atoms with Crippen molar-refractivity contribution in [2.45, 2.75) is 56.9 Å². The van der Waals surface area contributed by atoms with Crippen molar-refractivity contribution in [3.63, 3.8) is 0 Å². The summed E-state index contributed by atoms with van der Waals surface area (Å²) in [5, 5.41) is 3.70. The Morgan fingerprint density at radius 1 is 1.15 bits per heavy atom. The molecular weight excluding hydrogens is 379 g/mol. The molecule has 3 N–H and O–H groups in total. The van der Waals surface area contributed by atoms with Gasteiger partial charge in [0.25, 0.3) is 0 Å². The van der Waals surface area contributed by atoms with Gasteiger partial charge >= 0.3 is 0 Å². The fraction of sp³-hybridized carbons (Fsp3) is 0.600. The molecule has 0 bridgehead atoms. The minimum absolute atomic E-state index is 0.634. The molecule has 0 saturated heterocycles. The highest BCUT2D eigenvalue weighted by atomic mass is 79.9. The minimum Gasteiger partial charge on any atom is -0.398 e. The normalized spacial score (nSPS) is 24.1. The van der Waals surface area contributed by atoms with Crippen LogP contribution in [0.25, 0.3) is 0 Å². The third-order valence-corrected chi connectivity index (χ3v) is 5.38. The lowest BCUT2D eigenvalue weighted by molar-refractivity contribution is 0.389. The zero-order valence-electron chi connectivity index (χ0n) is 12.1. The van der Waals surface area contributed by atoms with Gasteiger partial charge in [0.2, 0.25) is 0 Å². The lowest BCUT2D eigenvalue weighted by Crippen LogP contribution is -2.30. The Morgan fingerprint density at radius 3 is 2.70 bits per heavy atom. The standard InChI is InChI=1S/C15H23BBr2N2/c16-11-3-1-2-4-13(6-5-11)20-9-10-7-12(17)8-14(18)15(10)19/h7-8,11,13,20H,1-6,9,16,19H2. The Balaban J connectivity index is 1.94. The van der Waals surface area contributed by atoms with Gasteiger partial charge in [0.05, 0.1) is 5.69 Å². The van der Waals surface area contributed by atoms with Crippen molar-refractivity contribution in [3.05, 3.63) is 26.6 Å². The summed E-state index contributed by atoms with van der Waals surface area (Å²) in [7, 11) is 2.38. The lowest BCUT2D eigenvalue weighted by atomic mass is 9.76. The number of anilines is 1. The number of benzene rings is 1. The Morgan fingerprint density at radius 2 is 1.90 bits per heavy atom. The van der Waals surface area contributed by atoms with E-state index in [0.29, 0.717) is 6.04 Å². The van der Waals surface area contributed by atoms with Crippen LogP contribution in [0.15, 0.2) is 21.1 Å². The van der Waals surface area contributed by atoms with E-state index < -0.39 is 0 Å². The summed E-state index contributed by atoms with van der Waals surface area (Å²) in [5.41, 5.74) is 8.15. The number of hydrogen-bond donors (Lipinski definition) is 2. The fourth-order valence-electron chi connectivity index (χ4n) is 2.90. The molecule has 1 aromatic rings. The van der Waals surface area contributed by atoms with Crippen LogP contribution >= 0.6 is 31.9 Å². The van der Waals surface area contributed by atoms with E-state index in [1.807, 2.05) is 6.07 Å². The topological polar surface area (TPSA) is 38.0 Å². The van der Waals surface area contributed by atoms with Gasteiger partial charge in [-0.3, -0.25) is 0 Å². The van der Waals surface area contributed by atoms with E-state index in [0.717, 1.165) is 27.0 Å². The summed E-state index contributed by atoms with van der Waals surface area (Å²) in [5.74, 6) is 0.879. The molecule has 2 nitrogen and oxygen atoms in total. The molecule has 2 atom stereocenters. The first-order chi connectivity index (χ1) is 9.56. The number of nitrogens with one attached hydrogen (secondary N) is 1. The van der Waals surface area contributed by atoms with Crippen LogP contribution in [0.2, 0.25) is 5.82 Å². The smallest absolute Gasteiger partial charge is 0.105 e. The molecule has 1 saturated carbocycles. The van der Waals surface area contributed by atoms with Crippen molar-refractivity contribution >= 4 is 45.4 Å². The van der Waals surface area contributed by atoms with Gasteiger partial charge < -0.3 is 11.1 Å². The second kappa shape index (κ2) is 7.86. The van der Waals surface area contributed by atoms with Crippen LogP contribution in [0, 0.1) is 0 Å². The maximum Gasteiger partial charge on any atom is 0.105 e. The van der Waals surface area contributed by atoms with Crippen molar-refractivity contribution in [3.8, 4) is 0 Å². The van der Waals surface area contributed by atoms with Crippen LogP contribution in [0.3, 0.4) is 0 Å².